The minimum absolute atomic E-state index is 0.160. The van der Waals surface area contributed by atoms with E-state index < -0.39 is 0 Å². The van der Waals surface area contributed by atoms with Gasteiger partial charge < -0.3 is 5.32 Å². The van der Waals surface area contributed by atoms with Gasteiger partial charge in [0.2, 0.25) is 5.91 Å². The fraction of sp³-hybridized carbons (Fsp3) is 0.917. The first-order chi connectivity index (χ1) is 7.01. The van der Waals surface area contributed by atoms with Crippen LogP contribution >= 0.6 is 11.6 Å². The van der Waals surface area contributed by atoms with Gasteiger partial charge in [0, 0.05) is 18.3 Å². The Bertz CT molecular complexity index is 182. The van der Waals surface area contributed by atoms with Gasteiger partial charge in [-0.25, -0.2) is 0 Å². The first-order valence-electron chi connectivity index (χ1n) is 5.86. The minimum atomic E-state index is 0.160. The average Bonchev–Trinajstić information content (AvgIpc) is 2.16. The molecular formula is C12H24ClNO. The Balaban J connectivity index is 3.99. The molecule has 0 aromatic heterocycles. The van der Waals surface area contributed by atoms with Crippen molar-refractivity contribution in [2.45, 2.75) is 53.0 Å². The van der Waals surface area contributed by atoms with Crippen LogP contribution < -0.4 is 5.32 Å². The molecule has 0 aromatic rings. The topological polar surface area (TPSA) is 29.1 Å². The van der Waals surface area contributed by atoms with Gasteiger partial charge >= 0.3 is 0 Å². The fourth-order valence-electron chi connectivity index (χ4n) is 1.42. The van der Waals surface area contributed by atoms with Crippen LogP contribution in [-0.2, 0) is 4.79 Å². The summed E-state index contributed by atoms with van der Waals surface area (Å²) in [5.74, 6) is 1.68. The normalized spacial score (nSPS) is 15.1. The highest BCUT2D eigenvalue weighted by Gasteiger charge is 2.16. The van der Waals surface area contributed by atoms with Crippen LogP contribution in [-0.4, -0.2) is 17.8 Å². The van der Waals surface area contributed by atoms with E-state index in [1.807, 2.05) is 0 Å². The van der Waals surface area contributed by atoms with Crippen LogP contribution in [0.15, 0.2) is 0 Å². The van der Waals surface area contributed by atoms with Gasteiger partial charge in [0.1, 0.15) is 0 Å². The Morgan fingerprint density at radius 2 is 1.93 bits per heavy atom. The molecule has 3 heteroatoms. The zero-order chi connectivity index (χ0) is 11.8. The molecule has 2 nitrogen and oxygen atoms in total. The second kappa shape index (κ2) is 7.98. The van der Waals surface area contributed by atoms with Gasteiger partial charge in [0.05, 0.1) is 0 Å². The van der Waals surface area contributed by atoms with Gasteiger partial charge in [-0.3, -0.25) is 4.79 Å². The Morgan fingerprint density at radius 3 is 2.33 bits per heavy atom. The van der Waals surface area contributed by atoms with Gasteiger partial charge in [0.25, 0.3) is 0 Å². The van der Waals surface area contributed by atoms with Gasteiger partial charge in [-0.15, -0.1) is 11.6 Å². The Hall–Kier alpha value is -0.240. The molecule has 2 atom stereocenters. The highest BCUT2D eigenvalue weighted by Crippen LogP contribution is 2.10. The van der Waals surface area contributed by atoms with Crippen molar-refractivity contribution in [1.82, 2.24) is 5.32 Å². The van der Waals surface area contributed by atoms with Crippen LogP contribution in [0.5, 0.6) is 0 Å². The fourth-order valence-corrected chi connectivity index (χ4v) is 1.65. The molecule has 0 heterocycles. The van der Waals surface area contributed by atoms with E-state index in [0.29, 0.717) is 24.1 Å². The summed E-state index contributed by atoms with van der Waals surface area (Å²) in [4.78, 5) is 11.6. The molecule has 0 spiro atoms. The SMILES string of the molecule is CCC(C)CC(=O)NC(CCCl)C(C)C. The maximum atomic E-state index is 11.6. The molecule has 0 saturated carbocycles. The van der Waals surface area contributed by atoms with Crippen LogP contribution in [0.1, 0.15) is 47.0 Å². The lowest BCUT2D eigenvalue weighted by Crippen LogP contribution is -2.39. The third-order valence-electron chi connectivity index (χ3n) is 2.80. The summed E-state index contributed by atoms with van der Waals surface area (Å²) in [6.07, 6.45) is 2.53. The number of nitrogens with one attached hydrogen (secondary N) is 1. The van der Waals surface area contributed by atoms with Crippen LogP contribution in [0.3, 0.4) is 0 Å². The number of rotatable bonds is 7. The molecule has 2 unspecified atom stereocenters. The van der Waals surface area contributed by atoms with E-state index >= 15 is 0 Å². The van der Waals surface area contributed by atoms with Crippen molar-refractivity contribution >= 4 is 17.5 Å². The van der Waals surface area contributed by atoms with E-state index in [1.165, 1.54) is 0 Å². The molecule has 0 fully saturated rings. The first kappa shape index (κ1) is 14.8. The minimum Gasteiger partial charge on any atom is -0.353 e. The highest BCUT2D eigenvalue weighted by molar-refractivity contribution is 6.17. The Labute approximate surface area is 98.8 Å². The van der Waals surface area contributed by atoms with Crippen molar-refractivity contribution in [3.8, 4) is 0 Å². The Kier molecular flexibility index (Phi) is 7.85. The number of hydrogen-bond acceptors (Lipinski definition) is 1. The van der Waals surface area contributed by atoms with Crippen molar-refractivity contribution in [3.63, 3.8) is 0 Å². The van der Waals surface area contributed by atoms with Gasteiger partial charge in [-0.1, -0.05) is 34.1 Å². The van der Waals surface area contributed by atoms with Crippen molar-refractivity contribution in [1.29, 1.82) is 0 Å². The number of halogens is 1. The molecule has 0 aliphatic carbocycles. The molecule has 0 rings (SSSR count). The number of amides is 1. The van der Waals surface area contributed by atoms with E-state index in [-0.39, 0.29) is 11.9 Å². The number of hydrogen-bond donors (Lipinski definition) is 1. The second-order valence-corrected chi connectivity index (χ2v) is 4.99. The standard InChI is InChI=1S/C12H24ClNO/c1-5-10(4)8-12(15)14-11(6-7-13)9(2)3/h9-11H,5-8H2,1-4H3,(H,14,15). The van der Waals surface area contributed by atoms with Crippen LogP contribution in [0, 0.1) is 11.8 Å². The molecule has 1 N–H and O–H groups in total. The molecule has 0 saturated heterocycles. The van der Waals surface area contributed by atoms with Gasteiger partial charge in [-0.2, -0.15) is 0 Å². The molecule has 0 bridgehead atoms. The third kappa shape index (κ3) is 6.77. The quantitative estimate of drug-likeness (QED) is 0.673. The largest absolute Gasteiger partial charge is 0.353 e. The molecule has 15 heavy (non-hydrogen) atoms. The average molecular weight is 234 g/mol. The summed E-state index contributed by atoms with van der Waals surface area (Å²) >= 11 is 5.71. The highest BCUT2D eigenvalue weighted by atomic mass is 35.5. The van der Waals surface area contributed by atoms with E-state index in [2.05, 4.69) is 33.0 Å². The van der Waals surface area contributed by atoms with Crippen molar-refractivity contribution in [3.05, 3.63) is 0 Å². The molecule has 90 valence electrons. The van der Waals surface area contributed by atoms with Crippen molar-refractivity contribution in [2.24, 2.45) is 11.8 Å². The van der Waals surface area contributed by atoms with Gasteiger partial charge in [-0.05, 0) is 18.3 Å². The zero-order valence-electron chi connectivity index (χ0n) is 10.3. The van der Waals surface area contributed by atoms with Crippen LogP contribution in [0.25, 0.3) is 0 Å². The van der Waals surface area contributed by atoms with Crippen LogP contribution in [0.2, 0.25) is 0 Å². The smallest absolute Gasteiger partial charge is 0.220 e. The lowest BCUT2D eigenvalue weighted by molar-refractivity contribution is -0.122. The van der Waals surface area contributed by atoms with E-state index in [9.17, 15) is 4.79 Å². The summed E-state index contributed by atoms with van der Waals surface area (Å²) in [5, 5.41) is 3.06. The maximum absolute atomic E-state index is 11.6. The molecule has 0 aromatic carbocycles. The van der Waals surface area contributed by atoms with Crippen molar-refractivity contribution in [2.75, 3.05) is 5.88 Å². The monoisotopic (exact) mass is 233 g/mol. The molecule has 0 radical (unpaired) electrons. The number of carbonyl (C=O) groups excluding carboxylic acids is 1. The van der Waals surface area contributed by atoms with E-state index in [4.69, 9.17) is 11.6 Å². The summed E-state index contributed by atoms with van der Waals surface area (Å²) in [7, 11) is 0. The lowest BCUT2D eigenvalue weighted by atomic mass is 10.00. The molecular weight excluding hydrogens is 210 g/mol. The second-order valence-electron chi connectivity index (χ2n) is 4.61. The molecule has 0 aliphatic rings. The van der Waals surface area contributed by atoms with E-state index in [0.717, 1.165) is 12.8 Å². The number of carbonyl (C=O) groups is 1. The predicted octanol–water partition coefficient (Wildman–Crippen LogP) is 3.19. The van der Waals surface area contributed by atoms with Crippen molar-refractivity contribution < 1.29 is 4.79 Å². The third-order valence-corrected chi connectivity index (χ3v) is 3.02. The van der Waals surface area contributed by atoms with Gasteiger partial charge in [0.15, 0.2) is 0 Å². The summed E-state index contributed by atoms with van der Waals surface area (Å²) in [5.41, 5.74) is 0. The zero-order valence-corrected chi connectivity index (χ0v) is 11.1. The summed E-state index contributed by atoms with van der Waals surface area (Å²) in [6, 6.07) is 0.221. The van der Waals surface area contributed by atoms with Crippen LogP contribution in [0.4, 0.5) is 0 Å². The molecule has 0 aliphatic heterocycles. The number of alkyl halides is 1. The summed E-state index contributed by atoms with van der Waals surface area (Å²) in [6.45, 7) is 8.43. The first-order valence-corrected chi connectivity index (χ1v) is 6.40. The lowest BCUT2D eigenvalue weighted by Gasteiger charge is -2.22. The maximum Gasteiger partial charge on any atom is 0.220 e. The summed E-state index contributed by atoms with van der Waals surface area (Å²) < 4.78 is 0. The van der Waals surface area contributed by atoms with E-state index in [1.54, 1.807) is 0 Å². The predicted molar refractivity (Wildman–Crippen MR) is 66.2 cm³/mol. The molecule has 1 amide bonds. The Morgan fingerprint density at radius 1 is 1.33 bits per heavy atom.